The standard InChI is InChI=1S/C14H18N2O4/c1-2-5-14-15-13(16-20-14)10-19-12-7-4-3-6-11(12)18-9-8-17/h3-4,6-7,17H,2,5,8-10H2,1H3. The second kappa shape index (κ2) is 7.49. The zero-order valence-electron chi connectivity index (χ0n) is 11.4. The van der Waals surface area contributed by atoms with E-state index < -0.39 is 0 Å². The van der Waals surface area contributed by atoms with Crippen molar-refractivity contribution in [1.29, 1.82) is 0 Å². The molecule has 1 N–H and O–H groups in total. The highest BCUT2D eigenvalue weighted by atomic mass is 16.5. The van der Waals surface area contributed by atoms with E-state index in [2.05, 4.69) is 17.1 Å². The van der Waals surface area contributed by atoms with E-state index in [0.29, 0.717) is 23.2 Å². The lowest BCUT2D eigenvalue weighted by Crippen LogP contribution is -2.04. The van der Waals surface area contributed by atoms with Crippen molar-refractivity contribution >= 4 is 0 Å². The lowest BCUT2D eigenvalue weighted by atomic mass is 10.3. The molecule has 1 heterocycles. The molecule has 2 aromatic rings. The molecular weight excluding hydrogens is 260 g/mol. The average molecular weight is 278 g/mol. The highest BCUT2D eigenvalue weighted by Crippen LogP contribution is 2.26. The van der Waals surface area contributed by atoms with Gasteiger partial charge < -0.3 is 19.1 Å². The van der Waals surface area contributed by atoms with Crippen LogP contribution in [0.25, 0.3) is 0 Å². The van der Waals surface area contributed by atoms with Crippen LogP contribution < -0.4 is 9.47 Å². The summed E-state index contributed by atoms with van der Waals surface area (Å²) in [5, 5.41) is 12.6. The van der Waals surface area contributed by atoms with Gasteiger partial charge in [-0.25, -0.2) is 0 Å². The third kappa shape index (κ3) is 3.96. The van der Waals surface area contributed by atoms with Crippen LogP contribution in [-0.2, 0) is 13.0 Å². The van der Waals surface area contributed by atoms with Gasteiger partial charge in [-0.05, 0) is 18.6 Å². The Balaban J connectivity index is 1.95. The van der Waals surface area contributed by atoms with Crippen molar-refractivity contribution in [2.24, 2.45) is 0 Å². The molecule has 6 nitrogen and oxygen atoms in total. The van der Waals surface area contributed by atoms with Crippen LogP contribution in [0.5, 0.6) is 11.5 Å². The zero-order chi connectivity index (χ0) is 14.2. The van der Waals surface area contributed by atoms with Crippen LogP contribution in [0.3, 0.4) is 0 Å². The summed E-state index contributed by atoms with van der Waals surface area (Å²) in [4.78, 5) is 4.22. The number of nitrogens with zero attached hydrogens (tertiary/aromatic N) is 2. The van der Waals surface area contributed by atoms with Crippen LogP contribution in [0.15, 0.2) is 28.8 Å². The van der Waals surface area contributed by atoms with Crippen molar-refractivity contribution in [1.82, 2.24) is 10.1 Å². The number of aliphatic hydroxyl groups is 1. The summed E-state index contributed by atoms with van der Waals surface area (Å²) in [6, 6.07) is 7.26. The van der Waals surface area contributed by atoms with Crippen molar-refractivity contribution in [2.45, 2.75) is 26.4 Å². The van der Waals surface area contributed by atoms with Gasteiger partial charge in [-0.3, -0.25) is 0 Å². The summed E-state index contributed by atoms with van der Waals surface area (Å²) in [5.74, 6) is 2.29. The van der Waals surface area contributed by atoms with Crippen LogP contribution in [0.1, 0.15) is 25.1 Å². The number of rotatable bonds is 8. The van der Waals surface area contributed by atoms with Gasteiger partial charge >= 0.3 is 0 Å². The third-order valence-electron chi connectivity index (χ3n) is 2.53. The van der Waals surface area contributed by atoms with E-state index in [0.717, 1.165) is 12.8 Å². The first-order valence-corrected chi connectivity index (χ1v) is 6.60. The fourth-order valence-corrected chi connectivity index (χ4v) is 1.65. The number of hydrogen-bond acceptors (Lipinski definition) is 6. The SMILES string of the molecule is CCCc1nc(COc2ccccc2OCCO)no1. The molecule has 0 saturated heterocycles. The molecule has 0 spiro atoms. The van der Waals surface area contributed by atoms with E-state index >= 15 is 0 Å². The molecule has 1 aromatic carbocycles. The molecule has 0 unspecified atom stereocenters. The van der Waals surface area contributed by atoms with Crippen LogP contribution in [-0.4, -0.2) is 28.5 Å². The Labute approximate surface area is 117 Å². The molecule has 2 rings (SSSR count). The van der Waals surface area contributed by atoms with E-state index in [-0.39, 0.29) is 19.8 Å². The first-order valence-electron chi connectivity index (χ1n) is 6.60. The Kier molecular flexibility index (Phi) is 5.37. The second-order valence-electron chi connectivity index (χ2n) is 4.16. The molecule has 0 atom stereocenters. The fraction of sp³-hybridized carbons (Fsp3) is 0.429. The van der Waals surface area contributed by atoms with Gasteiger partial charge in [0.25, 0.3) is 0 Å². The molecule has 6 heteroatoms. The zero-order valence-corrected chi connectivity index (χ0v) is 11.4. The fourth-order valence-electron chi connectivity index (χ4n) is 1.65. The van der Waals surface area contributed by atoms with Gasteiger partial charge in [-0.15, -0.1) is 0 Å². The van der Waals surface area contributed by atoms with E-state index in [1.807, 2.05) is 12.1 Å². The Morgan fingerprint density at radius 1 is 1.20 bits per heavy atom. The third-order valence-corrected chi connectivity index (χ3v) is 2.53. The van der Waals surface area contributed by atoms with E-state index in [1.54, 1.807) is 12.1 Å². The molecule has 0 amide bonds. The van der Waals surface area contributed by atoms with E-state index in [1.165, 1.54) is 0 Å². The van der Waals surface area contributed by atoms with Crippen LogP contribution in [0, 0.1) is 0 Å². The van der Waals surface area contributed by atoms with Gasteiger partial charge in [0, 0.05) is 6.42 Å². The lowest BCUT2D eigenvalue weighted by Gasteiger charge is -2.10. The van der Waals surface area contributed by atoms with Crippen LogP contribution in [0.2, 0.25) is 0 Å². The smallest absolute Gasteiger partial charge is 0.226 e. The Hall–Kier alpha value is -2.08. The number of aliphatic hydroxyl groups excluding tert-OH is 1. The largest absolute Gasteiger partial charge is 0.487 e. The monoisotopic (exact) mass is 278 g/mol. The van der Waals surface area contributed by atoms with Crippen molar-refractivity contribution in [3.63, 3.8) is 0 Å². The number of ether oxygens (including phenoxy) is 2. The van der Waals surface area contributed by atoms with Gasteiger partial charge in [0.1, 0.15) is 6.61 Å². The topological polar surface area (TPSA) is 77.6 Å². The summed E-state index contributed by atoms with van der Waals surface area (Å²) in [7, 11) is 0. The van der Waals surface area contributed by atoms with Gasteiger partial charge in [-0.1, -0.05) is 24.2 Å². The van der Waals surface area contributed by atoms with E-state index in [4.69, 9.17) is 19.1 Å². The Bertz CT molecular complexity index is 527. The number of para-hydroxylation sites is 2. The molecule has 20 heavy (non-hydrogen) atoms. The highest BCUT2D eigenvalue weighted by molar-refractivity contribution is 5.39. The number of hydrogen-bond donors (Lipinski definition) is 1. The minimum atomic E-state index is -0.0421. The molecule has 0 aliphatic carbocycles. The van der Waals surface area contributed by atoms with Gasteiger partial charge in [0.05, 0.1) is 6.61 Å². The highest BCUT2D eigenvalue weighted by Gasteiger charge is 2.08. The van der Waals surface area contributed by atoms with Gasteiger partial charge in [0.15, 0.2) is 18.1 Å². The molecule has 0 aliphatic rings. The Morgan fingerprint density at radius 3 is 2.65 bits per heavy atom. The normalized spacial score (nSPS) is 10.5. The average Bonchev–Trinajstić information content (AvgIpc) is 2.92. The minimum absolute atomic E-state index is 0.0421. The molecule has 0 fully saturated rings. The first kappa shape index (κ1) is 14.3. The van der Waals surface area contributed by atoms with Crippen molar-refractivity contribution in [2.75, 3.05) is 13.2 Å². The molecule has 0 bridgehead atoms. The molecule has 1 aromatic heterocycles. The molecular formula is C14H18N2O4. The summed E-state index contributed by atoms with van der Waals surface area (Å²) in [5.41, 5.74) is 0. The predicted molar refractivity (Wildman–Crippen MR) is 71.6 cm³/mol. The quantitative estimate of drug-likeness (QED) is 0.795. The number of benzene rings is 1. The van der Waals surface area contributed by atoms with Gasteiger partial charge in [-0.2, -0.15) is 4.98 Å². The van der Waals surface area contributed by atoms with Crippen LogP contribution in [0.4, 0.5) is 0 Å². The first-order chi connectivity index (χ1) is 9.83. The van der Waals surface area contributed by atoms with Crippen LogP contribution >= 0.6 is 0 Å². The molecule has 0 saturated carbocycles. The van der Waals surface area contributed by atoms with Crippen molar-refractivity contribution in [3.8, 4) is 11.5 Å². The van der Waals surface area contributed by atoms with Gasteiger partial charge in [0.2, 0.25) is 11.7 Å². The van der Waals surface area contributed by atoms with E-state index in [9.17, 15) is 0 Å². The summed E-state index contributed by atoms with van der Waals surface area (Å²) in [6.45, 7) is 2.45. The Morgan fingerprint density at radius 2 is 1.95 bits per heavy atom. The maximum Gasteiger partial charge on any atom is 0.226 e. The van der Waals surface area contributed by atoms with Crippen molar-refractivity contribution < 1.29 is 19.1 Å². The lowest BCUT2D eigenvalue weighted by molar-refractivity contribution is 0.191. The summed E-state index contributed by atoms with van der Waals surface area (Å²) >= 11 is 0. The van der Waals surface area contributed by atoms with Crippen molar-refractivity contribution in [3.05, 3.63) is 36.0 Å². The number of aromatic nitrogens is 2. The molecule has 0 aliphatic heterocycles. The predicted octanol–water partition coefficient (Wildman–Crippen LogP) is 1.97. The second-order valence-corrected chi connectivity index (χ2v) is 4.16. The minimum Gasteiger partial charge on any atom is -0.487 e. The number of aryl methyl sites for hydroxylation is 1. The summed E-state index contributed by atoms with van der Waals surface area (Å²) < 4.78 is 16.1. The summed E-state index contributed by atoms with van der Waals surface area (Å²) in [6.07, 6.45) is 1.73. The maximum absolute atomic E-state index is 8.78. The molecule has 0 radical (unpaired) electrons. The maximum atomic E-state index is 8.78. The molecule has 108 valence electrons.